The maximum atomic E-state index is 13.4. The third kappa shape index (κ3) is 6.80. The standard InChI is InChI=1S/C33H34ClN5O/c1-24(32-19-36-23-39(32)20-26-14-12-25(18-35)13-15-26)37-33(40)29-10-6-16-38(21-29)22-31(27-7-3-2-4-8-27)28-9-5-11-30(34)17-28/h2-5,7-9,11-15,17,19,23-24,29,31H,6,10,16,20-22H2,1H3,(H,37,40)/t24-,29?,31?/m0/s1. The maximum Gasteiger partial charge on any atom is 0.224 e. The lowest BCUT2D eigenvalue weighted by molar-refractivity contribution is -0.127. The van der Waals surface area contributed by atoms with E-state index in [1.165, 1.54) is 11.1 Å². The van der Waals surface area contributed by atoms with Crippen LogP contribution in [0.5, 0.6) is 0 Å². The number of nitriles is 1. The summed E-state index contributed by atoms with van der Waals surface area (Å²) in [7, 11) is 0. The van der Waals surface area contributed by atoms with Crippen molar-refractivity contribution in [3.05, 3.63) is 124 Å². The van der Waals surface area contributed by atoms with E-state index in [0.29, 0.717) is 12.1 Å². The summed E-state index contributed by atoms with van der Waals surface area (Å²) in [6.07, 6.45) is 5.47. The first-order chi connectivity index (χ1) is 19.5. The molecule has 1 aromatic heterocycles. The fourth-order valence-electron chi connectivity index (χ4n) is 5.62. The third-order valence-electron chi connectivity index (χ3n) is 7.75. The number of rotatable bonds is 9. The Labute approximate surface area is 241 Å². The molecule has 2 unspecified atom stereocenters. The van der Waals surface area contributed by atoms with Crippen molar-refractivity contribution in [1.29, 1.82) is 5.26 Å². The number of likely N-dealkylation sites (tertiary alicyclic amines) is 1. The topological polar surface area (TPSA) is 74.0 Å². The molecule has 1 amide bonds. The summed E-state index contributed by atoms with van der Waals surface area (Å²) in [6.45, 7) is 5.17. The van der Waals surface area contributed by atoms with E-state index in [0.717, 1.165) is 48.8 Å². The van der Waals surface area contributed by atoms with Gasteiger partial charge in [-0.15, -0.1) is 0 Å². The lowest BCUT2D eigenvalue weighted by Gasteiger charge is -2.35. The molecule has 1 saturated heterocycles. The lowest BCUT2D eigenvalue weighted by atomic mass is 9.89. The second-order valence-electron chi connectivity index (χ2n) is 10.6. The zero-order valence-electron chi connectivity index (χ0n) is 22.7. The van der Waals surface area contributed by atoms with Gasteiger partial charge in [-0.1, -0.05) is 66.2 Å². The summed E-state index contributed by atoms with van der Waals surface area (Å²) < 4.78 is 2.05. The van der Waals surface area contributed by atoms with Crippen molar-refractivity contribution >= 4 is 17.5 Å². The van der Waals surface area contributed by atoms with Crippen LogP contribution in [-0.4, -0.2) is 40.0 Å². The highest BCUT2D eigenvalue weighted by Gasteiger charge is 2.29. The van der Waals surface area contributed by atoms with Crippen molar-refractivity contribution < 1.29 is 4.79 Å². The smallest absolute Gasteiger partial charge is 0.224 e. The van der Waals surface area contributed by atoms with Crippen LogP contribution in [-0.2, 0) is 11.3 Å². The Bertz CT molecular complexity index is 1460. The van der Waals surface area contributed by atoms with Gasteiger partial charge in [-0.25, -0.2) is 4.98 Å². The Morgan fingerprint density at radius 1 is 1.10 bits per heavy atom. The van der Waals surface area contributed by atoms with Gasteiger partial charge in [0, 0.05) is 30.6 Å². The summed E-state index contributed by atoms with van der Waals surface area (Å²) in [4.78, 5) is 20.2. The van der Waals surface area contributed by atoms with Gasteiger partial charge in [0.05, 0.1) is 41.8 Å². The number of benzene rings is 3. The van der Waals surface area contributed by atoms with E-state index in [4.69, 9.17) is 16.9 Å². The van der Waals surface area contributed by atoms with Crippen LogP contribution in [0.1, 0.15) is 59.7 Å². The molecule has 0 aliphatic carbocycles. The first kappa shape index (κ1) is 27.6. The first-order valence-corrected chi connectivity index (χ1v) is 14.2. The highest BCUT2D eigenvalue weighted by Crippen LogP contribution is 2.30. The number of nitrogens with zero attached hydrogens (tertiary/aromatic N) is 4. The predicted octanol–water partition coefficient (Wildman–Crippen LogP) is 6.18. The molecule has 204 valence electrons. The predicted molar refractivity (Wildman–Crippen MR) is 158 cm³/mol. The maximum absolute atomic E-state index is 13.4. The summed E-state index contributed by atoms with van der Waals surface area (Å²) >= 11 is 6.36. The Hall–Kier alpha value is -3.92. The summed E-state index contributed by atoms with van der Waals surface area (Å²) in [5.74, 6) is 0.196. The molecule has 0 bridgehead atoms. The van der Waals surface area contributed by atoms with E-state index in [1.807, 2.05) is 55.6 Å². The Kier molecular flexibility index (Phi) is 8.95. The van der Waals surface area contributed by atoms with E-state index >= 15 is 0 Å². The normalized spacial score (nSPS) is 17.1. The zero-order valence-corrected chi connectivity index (χ0v) is 23.5. The quantitative estimate of drug-likeness (QED) is 0.270. The number of carbonyl (C=O) groups excluding carboxylic acids is 1. The zero-order chi connectivity index (χ0) is 27.9. The first-order valence-electron chi connectivity index (χ1n) is 13.8. The summed E-state index contributed by atoms with van der Waals surface area (Å²) in [5.41, 5.74) is 5.11. The van der Waals surface area contributed by atoms with Gasteiger partial charge in [0.2, 0.25) is 5.91 Å². The fourth-order valence-corrected chi connectivity index (χ4v) is 5.81. The Morgan fingerprint density at radius 2 is 1.88 bits per heavy atom. The Balaban J connectivity index is 1.23. The number of halogens is 1. The molecular weight excluding hydrogens is 518 g/mol. The van der Waals surface area contributed by atoms with Gasteiger partial charge in [-0.05, 0) is 67.3 Å². The van der Waals surface area contributed by atoms with E-state index in [-0.39, 0.29) is 23.8 Å². The number of aromatic nitrogens is 2. The number of imidazole rings is 1. The van der Waals surface area contributed by atoms with E-state index < -0.39 is 0 Å². The minimum atomic E-state index is -0.174. The van der Waals surface area contributed by atoms with Gasteiger partial charge >= 0.3 is 0 Å². The van der Waals surface area contributed by atoms with Crippen molar-refractivity contribution in [1.82, 2.24) is 19.8 Å². The molecule has 0 spiro atoms. The molecule has 3 atom stereocenters. The fraction of sp³-hybridized carbons (Fsp3) is 0.303. The van der Waals surface area contributed by atoms with E-state index in [2.05, 4.69) is 62.2 Å². The molecule has 2 heterocycles. The number of piperidine rings is 1. The van der Waals surface area contributed by atoms with Crippen molar-refractivity contribution in [3.63, 3.8) is 0 Å². The minimum Gasteiger partial charge on any atom is -0.348 e. The third-order valence-corrected chi connectivity index (χ3v) is 7.99. The van der Waals surface area contributed by atoms with Crippen molar-refractivity contribution in [3.8, 4) is 6.07 Å². The number of amides is 1. The number of hydrogen-bond donors (Lipinski definition) is 1. The van der Waals surface area contributed by atoms with Gasteiger partial charge < -0.3 is 14.8 Å². The van der Waals surface area contributed by atoms with Crippen molar-refractivity contribution in [2.45, 2.75) is 38.3 Å². The van der Waals surface area contributed by atoms with Crippen LogP contribution >= 0.6 is 11.6 Å². The van der Waals surface area contributed by atoms with Gasteiger partial charge in [-0.3, -0.25) is 4.79 Å². The largest absolute Gasteiger partial charge is 0.348 e. The molecule has 1 aliphatic rings. The van der Waals surface area contributed by atoms with Gasteiger partial charge in [0.25, 0.3) is 0 Å². The molecule has 1 N–H and O–H groups in total. The second kappa shape index (κ2) is 13.0. The monoisotopic (exact) mass is 551 g/mol. The molecule has 40 heavy (non-hydrogen) atoms. The van der Waals surface area contributed by atoms with Gasteiger partial charge in [0.15, 0.2) is 0 Å². The van der Waals surface area contributed by atoms with Crippen LogP contribution in [0.15, 0.2) is 91.4 Å². The average molecular weight is 552 g/mol. The highest BCUT2D eigenvalue weighted by atomic mass is 35.5. The molecule has 0 saturated carbocycles. The molecule has 6 nitrogen and oxygen atoms in total. The van der Waals surface area contributed by atoms with Crippen molar-refractivity contribution in [2.75, 3.05) is 19.6 Å². The highest BCUT2D eigenvalue weighted by molar-refractivity contribution is 6.30. The molecule has 1 aliphatic heterocycles. The van der Waals surface area contributed by atoms with Crippen LogP contribution in [0.2, 0.25) is 5.02 Å². The Morgan fingerprint density at radius 3 is 2.62 bits per heavy atom. The molecule has 5 rings (SSSR count). The average Bonchev–Trinajstić information content (AvgIpc) is 3.45. The van der Waals surface area contributed by atoms with Crippen LogP contribution in [0.4, 0.5) is 0 Å². The molecule has 0 radical (unpaired) electrons. The van der Waals surface area contributed by atoms with Gasteiger partial charge in [-0.2, -0.15) is 5.26 Å². The molecule has 1 fully saturated rings. The molecule has 3 aromatic carbocycles. The summed E-state index contributed by atoms with van der Waals surface area (Å²) in [5, 5.41) is 13.0. The number of carbonyl (C=O) groups is 1. The number of hydrogen-bond acceptors (Lipinski definition) is 4. The second-order valence-corrected chi connectivity index (χ2v) is 11.0. The summed E-state index contributed by atoms with van der Waals surface area (Å²) in [6, 6.07) is 28.2. The van der Waals surface area contributed by atoms with E-state index in [9.17, 15) is 4.79 Å². The van der Waals surface area contributed by atoms with Gasteiger partial charge in [0.1, 0.15) is 0 Å². The lowest BCUT2D eigenvalue weighted by Crippen LogP contribution is -2.45. The van der Waals surface area contributed by atoms with E-state index in [1.54, 1.807) is 6.33 Å². The molecular formula is C33H34ClN5O. The molecule has 4 aromatic rings. The van der Waals surface area contributed by atoms with Crippen molar-refractivity contribution in [2.24, 2.45) is 5.92 Å². The van der Waals surface area contributed by atoms with Crippen LogP contribution in [0.3, 0.4) is 0 Å². The number of nitrogens with one attached hydrogen (secondary N) is 1. The molecule has 7 heteroatoms. The van der Waals surface area contributed by atoms with Crippen LogP contribution < -0.4 is 5.32 Å². The SMILES string of the molecule is C[C@H](NC(=O)C1CCCN(CC(c2ccccc2)c2cccc(Cl)c2)C1)c1cncn1Cc1ccc(C#N)cc1. The minimum absolute atomic E-state index is 0.0677. The van der Waals surface area contributed by atoms with Crippen LogP contribution in [0, 0.1) is 17.2 Å². The van der Waals surface area contributed by atoms with Crippen LogP contribution in [0.25, 0.3) is 0 Å².